The van der Waals surface area contributed by atoms with E-state index in [0.717, 1.165) is 54.6 Å². The van der Waals surface area contributed by atoms with Crippen molar-refractivity contribution in [2.45, 2.75) is 43.8 Å². The molecule has 0 bridgehead atoms. The summed E-state index contributed by atoms with van der Waals surface area (Å²) in [5.41, 5.74) is 6.96. The predicted octanol–water partition coefficient (Wildman–Crippen LogP) is 3.22. The Hall–Kier alpha value is -3.37. The van der Waals surface area contributed by atoms with Gasteiger partial charge >= 0.3 is 0 Å². The van der Waals surface area contributed by atoms with Crippen LogP contribution in [0.4, 0.5) is 11.8 Å². The first-order valence-electron chi connectivity index (χ1n) is 10.9. The molecule has 32 heavy (non-hydrogen) atoms. The average molecular weight is 432 g/mol. The van der Waals surface area contributed by atoms with Crippen molar-refractivity contribution in [1.82, 2.24) is 29.5 Å². The second-order valence-electron chi connectivity index (χ2n) is 8.35. The number of fused-ring (bicyclic) bond motifs is 2. The third-order valence-electron chi connectivity index (χ3n) is 6.48. The van der Waals surface area contributed by atoms with Crippen molar-refractivity contribution in [3.63, 3.8) is 0 Å². The predicted molar refractivity (Wildman–Crippen MR) is 119 cm³/mol. The Morgan fingerprint density at radius 1 is 1.09 bits per heavy atom. The van der Waals surface area contributed by atoms with Crippen molar-refractivity contribution in [2.24, 2.45) is 0 Å². The van der Waals surface area contributed by atoms with Crippen LogP contribution in [0, 0.1) is 0 Å². The van der Waals surface area contributed by atoms with Crippen LogP contribution in [-0.2, 0) is 9.57 Å². The summed E-state index contributed by atoms with van der Waals surface area (Å²) in [7, 11) is 1.84. The Balaban J connectivity index is 1.24. The molecule has 10 nitrogen and oxygen atoms in total. The Morgan fingerprint density at radius 3 is 2.72 bits per heavy atom. The average Bonchev–Trinajstić information content (AvgIpc) is 3.25. The van der Waals surface area contributed by atoms with E-state index in [2.05, 4.69) is 35.8 Å². The van der Waals surface area contributed by atoms with Gasteiger partial charge in [0.05, 0.1) is 24.0 Å². The lowest BCUT2D eigenvalue weighted by molar-refractivity contribution is -0.177. The SMILES string of the molecule is CNc1nc(NOC2CCC3(CCO3)CC2)nn2ccc(-c3ccc4nccnc4n3)c12. The standard InChI is InChI=1S/C22H24N8O2/c1-23-20-18-15(16-2-3-17-19(26-16)25-11-10-24-17)6-12-30(18)28-21(27-20)29-32-14-4-7-22(8-5-14)9-13-31-22/h2-3,6,10-12,14H,4-5,7-9,13H2,1H3,(H2,23,27,28,29). The summed E-state index contributed by atoms with van der Waals surface area (Å²) in [4.78, 5) is 23.8. The third kappa shape index (κ3) is 3.32. The van der Waals surface area contributed by atoms with Crippen LogP contribution in [0.3, 0.4) is 0 Å². The van der Waals surface area contributed by atoms with Crippen LogP contribution in [0.25, 0.3) is 27.9 Å². The van der Waals surface area contributed by atoms with Gasteiger partial charge in [0.2, 0.25) is 0 Å². The first kappa shape index (κ1) is 19.3. The van der Waals surface area contributed by atoms with E-state index in [1.165, 1.54) is 6.42 Å². The first-order chi connectivity index (χ1) is 15.7. The van der Waals surface area contributed by atoms with Gasteiger partial charge in [-0.05, 0) is 50.3 Å². The van der Waals surface area contributed by atoms with E-state index < -0.39 is 0 Å². The van der Waals surface area contributed by atoms with E-state index in [1.807, 2.05) is 31.4 Å². The molecular formula is C22H24N8O2. The molecule has 1 aliphatic carbocycles. The van der Waals surface area contributed by atoms with E-state index >= 15 is 0 Å². The summed E-state index contributed by atoms with van der Waals surface area (Å²) in [6.45, 7) is 0.894. The minimum absolute atomic E-state index is 0.124. The van der Waals surface area contributed by atoms with Crippen LogP contribution in [0.15, 0.2) is 36.8 Å². The molecule has 5 heterocycles. The molecule has 2 N–H and O–H groups in total. The maximum Gasteiger partial charge on any atom is 0.266 e. The van der Waals surface area contributed by atoms with Crippen molar-refractivity contribution in [2.75, 3.05) is 24.5 Å². The molecule has 1 saturated carbocycles. The van der Waals surface area contributed by atoms with Gasteiger partial charge in [0.25, 0.3) is 5.95 Å². The number of aromatic nitrogens is 6. The summed E-state index contributed by atoms with van der Waals surface area (Å²) in [6, 6.07) is 5.82. The number of ether oxygens (including phenoxy) is 1. The van der Waals surface area contributed by atoms with Gasteiger partial charge in [-0.15, -0.1) is 5.10 Å². The number of nitrogens with zero attached hydrogens (tertiary/aromatic N) is 6. The third-order valence-corrected chi connectivity index (χ3v) is 6.48. The Bertz CT molecular complexity index is 1280. The topological polar surface area (TPSA) is 111 Å². The molecule has 10 heteroatoms. The van der Waals surface area contributed by atoms with Crippen molar-refractivity contribution in [1.29, 1.82) is 0 Å². The highest BCUT2D eigenvalue weighted by Gasteiger charge is 2.41. The zero-order chi connectivity index (χ0) is 21.5. The van der Waals surface area contributed by atoms with Crippen LogP contribution in [0.5, 0.6) is 0 Å². The van der Waals surface area contributed by atoms with Crippen molar-refractivity contribution in [3.8, 4) is 11.3 Å². The van der Waals surface area contributed by atoms with Gasteiger partial charge in [-0.3, -0.25) is 9.82 Å². The zero-order valence-corrected chi connectivity index (χ0v) is 17.8. The zero-order valence-electron chi connectivity index (χ0n) is 17.8. The van der Waals surface area contributed by atoms with Crippen molar-refractivity contribution >= 4 is 28.4 Å². The second-order valence-corrected chi connectivity index (χ2v) is 8.35. The molecule has 0 radical (unpaired) electrons. The second kappa shape index (κ2) is 7.64. The van der Waals surface area contributed by atoms with Crippen LogP contribution in [-0.4, -0.2) is 54.9 Å². The summed E-state index contributed by atoms with van der Waals surface area (Å²) in [6.07, 6.45) is 10.5. The monoisotopic (exact) mass is 432 g/mol. The molecule has 164 valence electrons. The Kier molecular flexibility index (Phi) is 4.62. The highest BCUT2D eigenvalue weighted by atomic mass is 16.7. The van der Waals surface area contributed by atoms with Gasteiger partial charge in [0.15, 0.2) is 11.5 Å². The maximum absolute atomic E-state index is 5.92. The van der Waals surface area contributed by atoms with Crippen molar-refractivity contribution in [3.05, 3.63) is 36.8 Å². The van der Waals surface area contributed by atoms with Gasteiger partial charge < -0.3 is 10.1 Å². The van der Waals surface area contributed by atoms with E-state index in [4.69, 9.17) is 9.57 Å². The molecule has 0 atom stereocenters. The molecule has 1 aliphatic heterocycles. The van der Waals surface area contributed by atoms with E-state index in [-0.39, 0.29) is 11.7 Å². The van der Waals surface area contributed by atoms with Crippen LogP contribution >= 0.6 is 0 Å². The minimum Gasteiger partial charge on any atom is -0.375 e. The van der Waals surface area contributed by atoms with E-state index in [9.17, 15) is 0 Å². The molecule has 6 rings (SSSR count). The lowest BCUT2D eigenvalue weighted by Crippen LogP contribution is -2.47. The highest BCUT2D eigenvalue weighted by Crippen LogP contribution is 2.41. The van der Waals surface area contributed by atoms with E-state index in [1.54, 1.807) is 16.9 Å². The summed E-state index contributed by atoms with van der Waals surface area (Å²) >= 11 is 0. The quantitative estimate of drug-likeness (QED) is 0.459. The molecule has 4 aromatic rings. The highest BCUT2D eigenvalue weighted by molar-refractivity contribution is 5.89. The molecular weight excluding hydrogens is 408 g/mol. The summed E-state index contributed by atoms with van der Waals surface area (Å²) in [5, 5.41) is 7.75. The minimum atomic E-state index is 0.124. The number of anilines is 2. The Morgan fingerprint density at radius 2 is 1.94 bits per heavy atom. The van der Waals surface area contributed by atoms with Gasteiger partial charge in [-0.2, -0.15) is 4.98 Å². The van der Waals surface area contributed by atoms with Gasteiger partial charge in [-0.1, -0.05) is 0 Å². The molecule has 0 amide bonds. The van der Waals surface area contributed by atoms with Crippen molar-refractivity contribution < 1.29 is 9.57 Å². The number of hydrogen-bond donors (Lipinski definition) is 2. The summed E-state index contributed by atoms with van der Waals surface area (Å²) < 4.78 is 7.56. The molecule has 4 aromatic heterocycles. The first-order valence-corrected chi connectivity index (χ1v) is 10.9. The van der Waals surface area contributed by atoms with E-state index in [0.29, 0.717) is 17.4 Å². The fourth-order valence-corrected chi connectivity index (χ4v) is 4.61. The van der Waals surface area contributed by atoms with Gasteiger partial charge in [0, 0.05) is 31.2 Å². The maximum atomic E-state index is 5.92. The fourth-order valence-electron chi connectivity index (χ4n) is 4.61. The van der Waals surface area contributed by atoms with Crippen LogP contribution in [0.2, 0.25) is 0 Å². The lowest BCUT2D eigenvalue weighted by atomic mass is 9.78. The molecule has 2 fully saturated rings. The van der Waals surface area contributed by atoms with Gasteiger partial charge in [0.1, 0.15) is 11.0 Å². The molecule has 0 aromatic carbocycles. The lowest BCUT2D eigenvalue weighted by Gasteiger charge is -2.46. The Labute approximate surface area is 184 Å². The molecule has 1 saturated heterocycles. The smallest absolute Gasteiger partial charge is 0.266 e. The number of rotatable bonds is 5. The van der Waals surface area contributed by atoms with Gasteiger partial charge in [-0.25, -0.2) is 20.0 Å². The molecule has 2 aliphatic rings. The molecule has 1 spiro atoms. The largest absolute Gasteiger partial charge is 0.375 e. The normalized spacial score (nSPS) is 22.8. The number of pyridine rings is 1. The van der Waals surface area contributed by atoms with Crippen LogP contribution < -0.4 is 10.8 Å². The number of nitrogens with one attached hydrogen (secondary N) is 2. The molecule has 0 unspecified atom stereocenters. The van der Waals surface area contributed by atoms with Crippen LogP contribution in [0.1, 0.15) is 32.1 Å². The fraction of sp³-hybridized carbons (Fsp3) is 0.409. The number of hydrogen-bond acceptors (Lipinski definition) is 9. The summed E-state index contributed by atoms with van der Waals surface area (Å²) in [5.74, 6) is 1.08.